The second kappa shape index (κ2) is 6.78. The van der Waals surface area contributed by atoms with Gasteiger partial charge in [0, 0.05) is 13.6 Å². The fourth-order valence-electron chi connectivity index (χ4n) is 2.32. The summed E-state index contributed by atoms with van der Waals surface area (Å²) in [6.45, 7) is 0.743. The highest BCUT2D eigenvalue weighted by Crippen LogP contribution is 2.34. The molecule has 4 heteroatoms. The van der Waals surface area contributed by atoms with Crippen molar-refractivity contribution in [2.75, 3.05) is 26.1 Å². The summed E-state index contributed by atoms with van der Waals surface area (Å²) in [5.74, 6) is 0.781. The molecule has 2 aromatic rings. The molecule has 2 rings (SSSR count). The second-order valence-corrected chi connectivity index (χ2v) is 4.72. The smallest absolute Gasteiger partial charge is 0.142 e. The van der Waals surface area contributed by atoms with E-state index in [0.717, 1.165) is 29.2 Å². The van der Waals surface area contributed by atoms with Gasteiger partial charge in [-0.2, -0.15) is 5.26 Å². The van der Waals surface area contributed by atoms with Crippen molar-refractivity contribution < 1.29 is 4.74 Å². The van der Waals surface area contributed by atoms with Crippen LogP contribution >= 0.6 is 0 Å². The van der Waals surface area contributed by atoms with E-state index in [9.17, 15) is 5.26 Å². The molecule has 108 valence electrons. The highest BCUT2D eigenvalue weighted by Gasteiger charge is 2.13. The van der Waals surface area contributed by atoms with Crippen molar-refractivity contribution in [1.29, 1.82) is 5.26 Å². The molecule has 0 aromatic heterocycles. The predicted molar refractivity (Wildman–Crippen MR) is 85.0 cm³/mol. The monoisotopic (exact) mass is 281 g/mol. The zero-order valence-corrected chi connectivity index (χ0v) is 12.6. The van der Waals surface area contributed by atoms with Gasteiger partial charge in [0.15, 0.2) is 0 Å². The largest absolute Gasteiger partial charge is 0.495 e. The van der Waals surface area contributed by atoms with Crippen LogP contribution in [-0.4, -0.2) is 21.2 Å². The van der Waals surface area contributed by atoms with Gasteiger partial charge in [-0.05, 0) is 36.9 Å². The summed E-state index contributed by atoms with van der Waals surface area (Å²) in [7, 11) is 5.47. The van der Waals surface area contributed by atoms with E-state index in [4.69, 9.17) is 4.74 Å². The van der Waals surface area contributed by atoms with E-state index in [1.54, 1.807) is 7.11 Å². The molecule has 0 heterocycles. The average Bonchev–Trinajstić information content (AvgIpc) is 2.54. The third-order valence-electron chi connectivity index (χ3n) is 3.37. The molecular weight excluding hydrogens is 262 g/mol. The SMILES string of the molecule is CNCc1ccc(N(C)c2ccccc2OC)c(C#N)c1. The van der Waals surface area contributed by atoms with Crippen molar-refractivity contribution in [3.63, 3.8) is 0 Å². The number of anilines is 2. The third kappa shape index (κ3) is 3.15. The van der Waals surface area contributed by atoms with Gasteiger partial charge in [0.1, 0.15) is 11.8 Å². The van der Waals surface area contributed by atoms with Crippen LogP contribution in [0, 0.1) is 11.3 Å². The maximum atomic E-state index is 9.41. The lowest BCUT2D eigenvalue weighted by molar-refractivity contribution is 0.415. The first-order valence-electron chi connectivity index (χ1n) is 6.75. The lowest BCUT2D eigenvalue weighted by atomic mass is 10.1. The van der Waals surface area contributed by atoms with Crippen LogP contribution in [0.25, 0.3) is 0 Å². The van der Waals surface area contributed by atoms with Gasteiger partial charge in [0.05, 0.1) is 24.0 Å². The van der Waals surface area contributed by atoms with Crippen molar-refractivity contribution >= 4 is 11.4 Å². The second-order valence-electron chi connectivity index (χ2n) is 4.72. The zero-order chi connectivity index (χ0) is 15.2. The molecular formula is C17H19N3O. The molecule has 0 fully saturated rings. The Kier molecular flexibility index (Phi) is 4.81. The molecule has 21 heavy (non-hydrogen) atoms. The maximum Gasteiger partial charge on any atom is 0.142 e. The molecule has 4 nitrogen and oxygen atoms in total. The molecule has 0 spiro atoms. The number of para-hydroxylation sites is 2. The Hall–Kier alpha value is -2.51. The first kappa shape index (κ1) is 14.9. The summed E-state index contributed by atoms with van der Waals surface area (Å²) in [6.07, 6.45) is 0. The molecule has 1 N–H and O–H groups in total. The number of nitrogens with one attached hydrogen (secondary N) is 1. The van der Waals surface area contributed by atoms with E-state index >= 15 is 0 Å². The van der Waals surface area contributed by atoms with Crippen molar-refractivity contribution in [1.82, 2.24) is 5.32 Å². The Morgan fingerprint density at radius 3 is 2.62 bits per heavy atom. The third-order valence-corrected chi connectivity index (χ3v) is 3.37. The number of hydrogen-bond acceptors (Lipinski definition) is 4. The highest BCUT2D eigenvalue weighted by molar-refractivity contribution is 5.73. The molecule has 0 aliphatic carbocycles. The molecule has 0 aliphatic heterocycles. The highest BCUT2D eigenvalue weighted by atomic mass is 16.5. The first-order chi connectivity index (χ1) is 10.2. The van der Waals surface area contributed by atoms with Gasteiger partial charge in [0.25, 0.3) is 0 Å². The summed E-state index contributed by atoms with van der Waals surface area (Å²) in [5.41, 5.74) is 3.53. The van der Waals surface area contributed by atoms with Gasteiger partial charge in [-0.3, -0.25) is 0 Å². The van der Waals surface area contributed by atoms with Gasteiger partial charge < -0.3 is 15.0 Å². The van der Waals surface area contributed by atoms with Crippen molar-refractivity contribution in [2.45, 2.75) is 6.54 Å². The Morgan fingerprint density at radius 1 is 1.19 bits per heavy atom. The van der Waals surface area contributed by atoms with Crippen LogP contribution in [0.2, 0.25) is 0 Å². The van der Waals surface area contributed by atoms with Crippen molar-refractivity contribution in [3.8, 4) is 11.8 Å². The number of benzene rings is 2. The number of hydrogen-bond donors (Lipinski definition) is 1. The van der Waals surface area contributed by atoms with Crippen LogP contribution in [-0.2, 0) is 6.54 Å². The Labute approximate surface area is 125 Å². The lowest BCUT2D eigenvalue weighted by Crippen LogP contribution is -2.13. The van der Waals surface area contributed by atoms with E-state index < -0.39 is 0 Å². The minimum atomic E-state index is 0.649. The van der Waals surface area contributed by atoms with Crippen molar-refractivity contribution in [2.24, 2.45) is 0 Å². The number of rotatable bonds is 5. The molecule has 0 bridgehead atoms. The number of ether oxygens (including phenoxy) is 1. The zero-order valence-electron chi connectivity index (χ0n) is 12.6. The number of nitrogens with zero attached hydrogens (tertiary/aromatic N) is 2. The number of methoxy groups -OCH3 is 1. The lowest BCUT2D eigenvalue weighted by Gasteiger charge is -2.23. The van der Waals surface area contributed by atoms with E-state index in [2.05, 4.69) is 11.4 Å². The normalized spacial score (nSPS) is 10.0. The fourth-order valence-corrected chi connectivity index (χ4v) is 2.32. The van der Waals surface area contributed by atoms with Gasteiger partial charge >= 0.3 is 0 Å². The molecule has 0 saturated carbocycles. The topological polar surface area (TPSA) is 48.3 Å². The van der Waals surface area contributed by atoms with E-state index in [1.165, 1.54) is 0 Å². The minimum absolute atomic E-state index is 0.649. The van der Waals surface area contributed by atoms with Gasteiger partial charge in [0.2, 0.25) is 0 Å². The molecule has 0 aliphatic rings. The summed E-state index contributed by atoms with van der Waals surface area (Å²) in [4.78, 5) is 1.97. The van der Waals surface area contributed by atoms with Gasteiger partial charge in [-0.25, -0.2) is 0 Å². The molecule has 0 saturated heterocycles. The standard InChI is InChI=1S/C17H19N3O/c1-19-12-13-8-9-15(14(10-13)11-18)20(2)16-6-4-5-7-17(16)21-3/h4-10,19H,12H2,1-3H3. The van der Waals surface area contributed by atoms with Crippen LogP contribution in [0.3, 0.4) is 0 Å². The predicted octanol–water partition coefficient (Wildman–Crippen LogP) is 3.05. The summed E-state index contributed by atoms with van der Waals surface area (Å²) >= 11 is 0. The Morgan fingerprint density at radius 2 is 1.95 bits per heavy atom. The molecule has 2 aromatic carbocycles. The Bertz CT molecular complexity index is 661. The van der Waals surface area contributed by atoms with Crippen LogP contribution in [0.4, 0.5) is 11.4 Å². The molecule has 0 amide bonds. The van der Waals surface area contributed by atoms with E-state index in [-0.39, 0.29) is 0 Å². The summed E-state index contributed by atoms with van der Waals surface area (Å²) < 4.78 is 5.39. The quantitative estimate of drug-likeness (QED) is 0.915. The summed E-state index contributed by atoms with van der Waals surface area (Å²) in [6, 6.07) is 15.9. The minimum Gasteiger partial charge on any atom is -0.495 e. The summed E-state index contributed by atoms with van der Waals surface area (Å²) in [5, 5.41) is 12.5. The van der Waals surface area contributed by atoms with Crippen LogP contribution < -0.4 is 15.0 Å². The van der Waals surface area contributed by atoms with Crippen LogP contribution in [0.1, 0.15) is 11.1 Å². The van der Waals surface area contributed by atoms with E-state index in [0.29, 0.717) is 5.56 Å². The molecule has 0 atom stereocenters. The van der Waals surface area contributed by atoms with Gasteiger partial charge in [-0.15, -0.1) is 0 Å². The van der Waals surface area contributed by atoms with Gasteiger partial charge in [-0.1, -0.05) is 18.2 Å². The first-order valence-corrected chi connectivity index (χ1v) is 6.75. The molecule has 0 radical (unpaired) electrons. The van der Waals surface area contributed by atoms with Crippen LogP contribution in [0.15, 0.2) is 42.5 Å². The maximum absolute atomic E-state index is 9.41. The average molecular weight is 281 g/mol. The van der Waals surface area contributed by atoms with Crippen LogP contribution in [0.5, 0.6) is 5.75 Å². The fraction of sp³-hybridized carbons (Fsp3) is 0.235. The molecule has 0 unspecified atom stereocenters. The Balaban J connectivity index is 2.43. The van der Waals surface area contributed by atoms with E-state index in [1.807, 2.05) is 61.5 Å². The number of nitriles is 1. The van der Waals surface area contributed by atoms with Crippen molar-refractivity contribution in [3.05, 3.63) is 53.6 Å².